The molecule has 8 nitrogen and oxygen atoms in total. The van der Waals surface area contributed by atoms with Crippen LogP contribution in [-0.2, 0) is 11.2 Å². The summed E-state index contributed by atoms with van der Waals surface area (Å²) in [7, 11) is 1.54. The minimum atomic E-state index is -1.08. The second-order valence-corrected chi connectivity index (χ2v) is 8.93. The molecule has 1 amide bonds. The Morgan fingerprint density at radius 1 is 1.00 bits per heavy atom. The van der Waals surface area contributed by atoms with E-state index in [1.807, 2.05) is 36.4 Å². The van der Waals surface area contributed by atoms with Gasteiger partial charge < -0.3 is 30.1 Å². The second-order valence-electron chi connectivity index (χ2n) is 8.93. The van der Waals surface area contributed by atoms with Crippen molar-refractivity contribution in [3.05, 3.63) is 71.8 Å². The van der Waals surface area contributed by atoms with E-state index < -0.39 is 17.9 Å². The van der Waals surface area contributed by atoms with Gasteiger partial charge in [-0.2, -0.15) is 0 Å². The van der Waals surface area contributed by atoms with Crippen molar-refractivity contribution in [1.29, 1.82) is 0 Å². The van der Waals surface area contributed by atoms with Gasteiger partial charge in [0.1, 0.15) is 17.5 Å². The van der Waals surface area contributed by atoms with Crippen molar-refractivity contribution in [3.8, 4) is 11.5 Å². The number of carboxylic acid groups (broad SMARTS) is 1. The molecule has 0 aliphatic carbocycles. The number of hydrogen-bond acceptors (Lipinski definition) is 6. The van der Waals surface area contributed by atoms with E-state index in [2.05, 4.69) is 15.5 Å². The van der Waals surface area contributed by atoms with E-state index in [1.165, 1.54) is 0 Å². The molecule has 3 N–H and O–H groups in total. The van der Waals surface area contributed by atoms with Gasteiger partial charge in [-0.15, -0.1) is 12.4 Å². The van der Waals surface area contributed by atoms with Crippen molar-refractivity contribution >= 4 is 35.1 Å². The molecule has 1 unspecified atom stereocenters. The third kappa shape index (κ3) is 8.08. The topological polar surface area (TPSA) is 100 Å². The van der Waals surface area contributed by atoms with E-state index in [9.17, 15) is 14.7 Å². The fraction of sp³-hybridized carbons (Fsp3) is 0.357. The van der Waals surface area contributed by atoms with Gasteiger partial charge in [0.25, 0.3) is 5.91 Å². The molecule has 1 heterocycles. The Morgan fingerprint density at radius 3 is 2.38 bits per heavy atom. The number of carbonyl (C=O) groups is 2. The Labute approximate surface area is 223 Å². The number of halogens is 1. The first-order chi connectivity index (χ1) is 17.5. The van der Waals surface area contributed by atoms with Crippen molar-refractivity contribution < 1.29 is 24.2 Å². The van der Waals surface area contributed by atoms with Gasteiger partial charge in [-0.25, -0.2) is 4.79 Å². The Bertz CT molecular complexity index is 1180. The first-order valence-corrected chi connectivity index (χ1v) is 12.3. The van der Waals surface area contributed by atoms with Crippen LogP contribution in [0.3, 0.4) is 0 Å². The number of fused-ring (bicyclic) bond motifs is 1. The van der Waals surface area contributed by atoms with E-state index in [1.54, 1.807) is 31.4 Å². The highest BCUT2D eigenvalue weighted by atomic mass is 35.5. The molecule has 198 valence electrons. The summed E-state index contributed by atoms with van der Waals surface area (Å²) in [4.78, 5) is 26.9. The van der Waals surface area contributed by atoms with Crippen LogP contribution in [0.15, 0.2) is 60.7 Å². The number of nitrogens with zero attached hydrogens (tertiary/aromatic N) is 1. The lowest BCUT2D eigenvalue weighted by Gasteiger charge is -2.26. The predicted molar refractivity (Wildman–Crippen MR) is 146 cm³/mol. The molecule has 1 fully saturated rings. The Morgan fingerprint density at radius 2 is 1.68 bits per heavy atom. The van der Waals surface area contributed by atoms with Crippen LogP contribution in [0, 0.1) is 0 Å². The highest BCUT2D eigenvalue weighted by Gasteiger charge is 2.21. The zero-order chi connectivity index (χ0) is 25.3. The maximum Gasteiger partial charge on any atom is 0.326 e. The minimum absolute atomic E-state index is 0. The lowest BCUT2D eigenvalue weighted by atomic mass is 10.0. The van der Waals surface area contributed by atoms with Crippen LogP contribution in [0.2, 0.25) is 0 Å². The molecule has 37 heavy (non-hydrogen) atoms. The second kappa shape index (κ2) is 13.8. The molecule has 0 aromatic heterocycles. The first-order valence-electron chi connectivity index (χ1n) is 12.3. The third-order valence-corrected chi connectivity index (χ3v) is 6.37. The van der Waals surface area contributed by atoms with E-state index in [4.69, 9.17) is 9.47 Å². The molecule has 1 aliphatic rings. The number of carboxylic acids is 1. The van der Waals surface area contributed by atoms with Gasteiger partial charge >= 0.3 is 5.97 Å². The molecule has 0 saturated carbocycles. The Hall–Kier alpha value is -3.33. The van der Waals surface area contributed by atoms with E-state index >= 15 is 0 Å². The molecule has 9 heteroatoms. The van der Waals surface area contributed by atoms with E-state index in [-0.39, 0.29) is 18.8 Å². The van der Waals surface area contributed by atoms with Crippen molar-refractivity contribution in [2.45, 2.75) is 18.9 Å². The number of benzene rings is 3. The molecule has 0 radical (unpaired) electrons. The first kappa shape index (κ1) is 28.2. The average molecular weight is 528 g/mol. The van der Waals surface area contributed by atoms with Crippen LogP contribution in [-0.4, -0.2) is 74.4 Å². The lowest BCUT2D eigenvalue weighted by molar-refractivity contribution is -0.139. The van der Waals surface area contributed by atoms with E-state index in [0.717, 1.165) is 61.2 Å². The number of piperazine rings is 1. The van der Waals surface area contributed by atoms with Crippen molar-refractivity contribution in [2.24, 2.45) is 0 Å². The summed E-state index contributed by atoms with van der Waals surface area (Å²) in [6.07, 6.45) is 1.16. The van der Waals surface area contributed by atoms with Gasteiger partial charge in [-0.3, -0.25) is 4.79 Å². The number of rotatable bonds is 11. The number of ether oxygens (including phenoxy) is 2. The van der Waals surface area contributed by atoms with Crippen LogP contribution >= 0.6 is 12.4 Å². The van der Waals surface area contributed by atoms with Crippen LogP contribution in [0.5, 0.6) is 11.5 Å². The summed E-state index contributed by atoms with van der Waals surface area (Å²) >= 11 is 0. The molecule has 0 spiro atoms. The summed E-state index contributed by atoms with van der Waals surface area (Å²) in [5.41, 5.74) is 1.20. The Kier molecular flexibility index (Phi) is 10.6. The molecular weight excluding hydrogens is 494 g/mol. The minimum Gasteiger partial charge on any atom is -0.497 e. The van der Waals surface area contributed by atoms with Crippen LogP contribution < -0.4 is 20.1 Å². The van der Waals surface area contributed by atoms with Gasteiger partial charge in [0.05, 0.1) is 13.7 Å². The molecule has 3 aromatic rings. The molecule has 1 saturated heterocycles. The number of carbonyl (C=O) groups excluding carboxylic acids is 1. The number of amides is 1. The van der Waals surface area contributed by atoms with Crippen molar-refractivity contribution in [2.75, 3.05) is 46.4 Å². The smallest absolute Gasteiger partial charge is 0.326 e. The van der Waals surface area contributed by atoms with Gasteiger partial charge in [0, 0.05) is 44.7 Å². The number of methoxy groups -OCH3 is 1. The third-order valence-electron chi connectivity index (χ3n) is 6.37. The SMILES string of the molecule is COc1ccc(C(=O)NC(Cc2ccc3cc(OCCCN4CCNCC4)ccc3c2)C(=O)O)cc1.Cl. The van der Waals surface area contributed by atoms with Crippen LogP contribution in [0.1, 0.15) is 22.3 Å². The maximum absolute atomic E-state index is 12.6. The normalized spacial score (nSPS) is 14.4. The van der Waals surface area contributed by atoms with Crippen molar-refractivity contribution in [3.63, 3.8) is 0 Å². The molecule has 1 aliphatic heterocycles. The molecule has 0 bridgehead atoms. The lowest BCUT2D eigenvalue weighted by Crippen LogP contribution is -2.43. The van der Waals surface area contributed by atoms with Gasteiger partial charge in [-0.05, 0) is 59.2 Å². The number of hydrogen-bond donors (Lipinski definition) is 3. The maximum atomic E-state index is 12.6. The molecular formula is C28H34ClN3O5. The summed E-state index contributed by atoms with van der Waals surface area (Å²) in [5, 5.41) is 17.7. The van der Waals surface area contributed by atoms with Crippen LogP contribution in [0.25, 0.3) is 10.8 Å². The molecule has 4 rings (SSSR count). The van der Waals surface area contributed by atoms with Crippen LogP contribution in [0.4, 0.5) is 0 Å². The highest BCUT2D eigenvalue weighted by molar-refractivity contribution is 5.96. The molecule has 1 atom stereocenters. The molecule has 3 aromatic carbocycles. The number of aliphatic carboxylic acids is 1. The largest absolute Gasteiger partial charge is 0.497 e. The fourth-order valence-electron chi connectivity index (χ4n) is 4.32. The Balaban J connectivity index is 0.00000380. The fourth-order valence-corrected chi connectivity index (χ4v) is 4.32. The zero-order valence-corrected chi connectivity index (χ0v) is 21.8. The zero-order valence-electron chi connectivity index (χ0n) is 20.9. The monoisotopic (exact) mass is 527 g/mol. The average Bonchev–Trinajstić information content (AvgIpc) is 2.91. The summed E-state index contributed by atoms with van der Waals surface area (Å²) in [5.74, 6) is -0.0712. The van der Waals surface area contributed by atoms with Crippen molar-refractivity contribution in [1.82, 2.24) is 15.5 Å². The van der Waals surface area contributed by atoms with E-state index in [0.29, 0.717) is 17.9 Å². The van der Waals surface area contributed by atoms with Gasteiger partial charge in [0.2, 0.25) is 0 Å². The highest BCUT2D eigenvalue weighted by Crippen LogP contribution is 2.23. The summed E-state index contributed by atoms with van der Waals surface area (Å²) < 4.78 is 11.1. The summed E-state index contributed by atoms with van der Waals surface area (Å²) in [6.45, 7) is 5.99. The quantitative estimate of drug-likeness (QED) is 0.329. The van der Waals surface area contributed by atoms with Gasteiger partial charge in [-0.1, -0.05) is 24.3 Å². The standard InChI is InChI=1S/C28H33N3O5.ClH/c1-35-24-8-5-21(6-9-24)27(32)30-26(28(33)34)18-20-3-4-23-19-25(10-7-22(23)17-20)36-16-2-13-31-14-11-29-12-15-31;/h3-10,17,19,26,29H,2,11-16,18H2,1H3,(H,30,32)(H,33,34);1H. The van der Waals surface area contributed by atoms with Gasteiger partial charge in [0.15, 0.2) is 0 Å². The predicted octanol–water partition coefficient (Wildman–Crippen LogP) is 3.37. The number of nitrogens with one attached hydrogen (secondary N) is 2. The summed E-state index contributed by atoms with van der Waals surface area (Å²) in [6, 6.07) is 17.2.